The molecule has 0 spiro atoms. The van der Waals surface area contributed by atoms with Crippen LogP contribution in [0.1, 0.15) is 35.2 Å². The van der Waals surface area contributed by atoms with Crippen molar-refractivity contribution in [3.8, 4) is 0 Å². The molecule has 0 saturated heterocycles. The molecule has 0 aromatic heterocycles. The lowest BCUT2D eigenvalue weighted by atomic mass is 10.0. The van der Waals surface area contributed by atoms with Gasteiger partial charge in [0.25, 0.3) is 0 Å². The monoisotopic (exact) mass is 257 g/mol. The van der Waals surface area contributed by atoms with Crippen molar-refractivity contribution < 1.29 is 4.39 Å². The second kappa shape index (κ2) is 5.98. The fraction of sp³-hybridized carbons (Fsp3) is 0.294. The smallest absolute Gasteiger partial charge is 0.123 e. The van der Waals surface area contributed by atoms with Gasteiger partial charge < -0.3 is 5.32 Å². The number of nitrogens with one attached hydrogen (secondary N) is 1. The minimum absolute atomic E-state index is 0.134. The molecule has 0 radical (unpaired) electrons. The molecular formula is C17H20FN. The molecule has 0 aliphatic rings. The molecule has 0 fully saturated rings. The third kappa shape index (κ3) is 3.42. The van der Waals surface area contributed by atoms with Crippen LogP contribution in [0.25, 0.3) is 0 Å². The van der Waals surface area contributed by atoms with E-state index in [9.17, 15) is 4.39 Å². The maximum Gasteiger partial charge on any atom is 0.123 e. The minimum Gasteiger partial charge on any atom is -0.306 e. The second-order valence-electron chi connectivity index (χ2n) is 5.03. The van der Waals surface area contributed by atoms with Crippen molar-refractivity contribution in [1.82, 2.24) is 5.32 Å². The van der Waals surface area contributed by atoms with Gasteiger partial charge in [-0.2, -0.15) is 0 Å². The Balaban J connectivity index is 2.06. The summed E-state index contributed by atoms with van der Waals surface area (Å²) in [5.74, 6) is -0.182. The topological polar surface area (TPSA) is 12.0 Å². The SMILES string of the molecule is Cc1cccc(C)c1CN[C@H](C)c1cccc(F)c1. The maximum absolute atomic E-state index is 13.2. The van der Waals surface area contributed by atoms with Gasteiger partial charge in [-0.05, 0) is 55.2 Å². The summed E-state index contributed by atoms with van der Waals surface area (Å²) in [6.07, 6.45) is 0. The van der Waals surface area contributed by atoms with Crippen LogP contribution in [0.15, 0.2) is 42.5 Å². The molecule has 1 atom stereocenters. The average Bonchev–Trinajstić information content (AvgIpc) is 2.38. The lowest BCUT2D eigenvalue weighted by Gasteiger charge is -2.17. The Morgan fingerprint density at radius 3 is 2.32 bits per heavy atom. The van der Waals surface area contributed by atoms with Crippen molar-refractivity contribution in [2.24, 2.45) is 0 Å². The van der Waals surface area contributed by atoms with Crippen molar-refractivity contribution >= 4 is 0 Å². The molecule has 19 heavy (non-hydrogen) atoms. The molecule has 0 unspecified atom stereocenters. The zero-order valence-corrected chi connectivity index (χ0v) is 11.7. The summed E-state index contributed by atoms with van der Waals surface area (Å²) in [5, 5.41) is 3.46. The molecule has 2 heteroatoms. The summed E-state index contributed by atoms with van der Waals surface area (Å²) in [7, 11) is 0. The highest BCUT2D eigenvalue weighted by atomic mass is 19.1. The number of hydrogen-bond donors (Lipinski definition) is 1. The highest BCUT2D eigenvalue weighted by Crippen LogP contribution is 2.17. The van der Waals surface area contributed by atoms with Crippen molar-refractivity contribution in [1.29, 1.82) is 0 Å². The van der Waals surface area contributed by atoms with Crippen molar-refractivity contribution in [3.05, 3.63) is 70.5 Å². The molecular weight excluding hydrogens is 237 g/mol. The number of hydrogen-bond acceptors (Lipinski definition) is 1. The van der Waals surface area contributed by atoms with Crippen LogP contribution in [0.4, 0.5) is 4.39 Å². The summed E-state index contributed by atoms with van der Waals surface area (Å²) in [4.78, 5) is 0. The van der Waals surface area contributed by atoms with E-state index < -0.39 is 0 Å². The zero-order valence-electron chi connectivity index (χ0n) is 11.7. The van der Waals surface area contributed by atoms with Crippen LogP contribution in [0.2, 0.25) is 0 Å². The number of aryl methyl sites for hydroxylation is 2. The van der Waals surface area contributed by atoms with E-state index >= 15 is 0 Å². The van der Waals surface area contributed by atoms with E-state index in [1.807, 2.05) is 6.07 Å². The first-order valence-corrected chi connectivity index (χ1v) is 6.62. The van der Waals surface area contributed by atoms with Gasteiger partial charge in [-0.3, -0.25) is 0 Å². The molecule has 2 aromatic carbocycles. The molecule has 0 amide bonds. The predicted molar refractivity (Wildman–Crippen MR) is 77.6 cm³/mol. The molecule has 0 heterocycles. The Kier molecular flexibility index (Phi) is 4.33. The first-order chi connectivity index (χ1) is 9.08. The van der Waals surface area contributed by atoms with Crippen molar-refractivity contribution in [2.75, 3.05) is 0 Å². The lowest BCUT2D eigenvalue weighted by molar-refractivity contribution is 0.563. The van der Waals surface area contributed by atoms with Crippen molar-refractivity contribution in [2.45, 2.75) is 33.4 Å². The Morgan fingerprint density at radius 1 is 1.05 bits per heavy atom. The van der Waals surface area contributed by atoms with Gasteiger partial charge in [0.1, 0.15) is 5.82 Å². The van der Waals surface area contributed by atoms with Gasteiger partial charge >= 0.3 is 0 Å². The van der Waals surface area contributed by atoms with E-state index in [0.717, 1.165) is 12.1 Å². The zero-order chi connectivity index (χ0) is 13.8. The van der Waals surface area contributed by atoms with E-state index in [1.54, 1.807) is 12.1 Å². The van der Waals surface area contributed by atoms with E-state index in [4.69, 9.17) is 0 Å². The van der Waals surface area contributed by atoms with Gasteiger partial charge in [-0.1, -0.05) is 30.3 Å². The summed E-state index contributed by atoms with van der Waals surface area (Å²) in [6.45, 7) is 7.10. The summed E-state index contributed by atoms with van der Waals surface area (Å²) >= 11 is 0. The Hall–Kier alpha value is -1.67. The first-order valence-electron chi connectivity index (χ1n) is 6.62. The second-order valence-corrected chi connectivity index (χ2v) is 5.03. The van der Waals surface area contributed by atoms with E-state index in [-0.39, 0.29) is 11.9 Å². The normalized spacial score (nSPS) is 12.4. The lowest BCUT2D eigenvalue weighted by Crippen LogP contribution is -2.19. The molecule has 0 aliphatic heterocycles. The maximum atomic E-state index is 13.2. The first kappa shape index (κ1) is 13.8. The van der Waals surface area contributed by atoms with Crippen LogP contribution in [-0.4, -0.2) is 0 Å². The predicted octanol–water partition coefficient (Wildman–Crippen LogP) is 4.29. The van der Waals surface area contributed by atoms with E-state index in [1.165, 1.54) is 22.8 Å². The summed E-state index contributed by atoms with van der Waals surface area (Å²) in [6, 6.07) is 13.2. The van der Waals surface area contributed by atoms with Gasteiger partial charge in [-0.25, -0.2) is 4.39 Å². The molecule has 2 rings (SSSR count). The highest BCUT2D eigenvalue weighted by molar-refractivity contribution is 5.33. The van der Waals surface area contributed by atoms with Crippen LogP contribution in [0.5, 0.6) is 0 Å². The van der Waals surface area contributed by atoms with Gasteiger partial charge in [0.15, 0.2) is 0 Å². The van der Waals surface area contributed by atoms with Crippen molar-refractivity contribution in [3.63, 3.8) is 0 Å². The number of rotatable bonds is 4. The minimum atomic E-state index is -0.182. The third-order valence-electron chi connectivity index (χ3n) is 3.58. The van der Waals surface area contributed by atoms with Gasteiger partial charge in [0, 0.05) is 12.6 Å². The Bertz CT molecular complexity index is 543. The average molecular weight is 257 g/mol. The molecule has 1 N–H and O–H groups in total. The van der Waals surface area contributed by atoms with Crippen LogP contribution in [-0.2, 0) is 6.54 Å². The molecule has 1 nitrogen and oxygen atoms in total. The Morgan fingerprint density at radius 2 is 1.68 bits per heavy atom. The summed E-state index contributed by atoms with van der Waals surface area (Å²) in [5.41, 5.74) is 4.88. The fourth-order valence-electron chi connectivity index (χ4n) is 2.28. The number of benzene rings is 2. The van der Waals surface area contributed by atoms with E-state index in [2.05, 4.69) is 44.3 Å². The molecule has 2 aromatic rings. The van der Waals surface area contributed by atoms with Crippen LogP contribution < -0.4 is 5.32 Å². The third-order valence-corrected chi connectivity index (χ3v) is 3.58. The van der Waals surface area contributed by atoms with Gasteiger partial charge in [-0.15, -0.1) is 0 Å². The molecule has 0 bridgehead atoms. The van der Waals surface area contributed by atoms with Crippen LogP contribution in [0.3, 0.4) is 0 Å². The quantitative estimate of drug-likeness (QED) is 0.861. The van der Waals surface area contributed by atoms with E-state index in [0.29, 0.717) is 0 Å². The highest BCUT2D eigenvalue weighted by Gasteiger charge is 2.07. The van der Waals surface area contributed by atoms with Crippen LogP contribution >= 0.6 is 0 Å². The number of halogens is 1. The fourth-order valence-corrected chi connectivity index (χ4v) is 2.28. The Labute approximate surface area is 114 Å². The van der Waals surface area contributed by atoms with Gasteiger partial charge in [0.05, 0.1) is 0 Å². The van der Waals surface area contributed by atoms with Gasteiger partial charge in [0.2, 0.25) is 0 Å². The standard InChI is InChI=1S/C17H20FN/c1-12-6-4-7-13(2)17(12)11-19-14(3)15-8-5-9-16(18)10-15/h4-10,14,19H,11H2,1-3H3/t14-/m1/s1. The molecule has 0 aliphatic carbocycles. The largest absolute Gasteiger partial charge is 0.306 e. The molecule has 0 saturated carbocycles. The summed E-state index contributed by atoms with van der Waals surface area (Å²) < 4.78 is 13.2. The van der Waals surface area contributed by atoms with Crippen LogP contribution in [0, 0.1) is 19.7 Å². The molecule has 100 valence electrons.